The van der Waals surface area contributed by atoms with Gasteiger partial charge in [0.25, 0.3) is 0 Å². The van der Waals surface area contributed by atoms with E-state index in [0.717, 1.165) is 11.3 Å². The molecule has 0 aliphatic heterocycles. The summed E-state index contributed by atoms with van der Waals surface area (Å²) in [6.07, 6.45) is 0. The summed E-state index contributed by atoms with van der Waals surface area (Å²) in [7, 11) is -0.837. The molecule has 0 saturated carbocycles. The molecule has 0 nitrogen and oxygen atoms in total. The van der Waals surface area contributed by atoms with Crippen LogP contribution >= 0.6 is 12.6 Å². The molecule has 0 aliphatic rings. The van der Waals surface area contributed by atoms with Crippen molar-refractivity contribution in [2.45, 2.75) is 32.1 Å². The number of thiol groups is 1. The van der Waals surface area contributed by atoms with Crippen molar-refractivity contribution < 1.29 is 0 Å². The summed E-state index contributed by atoms with van der Waals surface area (Å²) in [5.74, 6) is 1.05. The molecular weight excluding hydrogens is 132 g/mol. The van der Waals surface area contributed by atoms with E-state index >= 15 is 0 Å². The maximum atomic E-state index is 4.24. The fraction of sp³-hybridized carbons (Fsp3) is 1.00. The molecule has 0 rings (SSSR count). The van der Waals surface area contributed by atoms with Crippen LogP contribution in [-0.2, 0) is 0 Å². The molecule has 0 saturated heterocycles. The van der Waals surface area contributed by atoms with E-state index < -0.39 is 8.07 Å². The molecular formula is C6H16SSi. The van der Waals surface area contributed by atoms with Crippen LogP contribution in [0.1, 0.15) is 6.92 Å². The van der Waals surface area contributed by atoms with Crippen molar-refractivity contribution in [3.05, 3.63) is 0 Å². The Morgan fingerprint density at radius 2 is 1.75 bits per heavy atom. The second kappa shape index (κ2) is 2.92. The van der Waals surface area contributed by atoms with Crippen molar-refractivity contribution in [2.24, 2.45) is 0 Å². The van der Waals surface area contributed by atoms with Crippen molar-refractivity contribution in [1.82, 2.24) is 0 Å². The predicted molar refractivity (Wildman–Crippen MR) is 46.6 cm³/mol. The monoisotopic (exact) mass is 148 g/mol. The highest BCUT2D eigenvalue weighted by Gasteiger charge is 2.19. The van der Waals surface area contributed by atoms with Crippen molar-refractivity contribution >= 4 is 20.7 Å². The smallest absolute Gasteiger partial charge is 0.0479 e. The van der Waals surface area contributed by atoms with Gasteiger partial charge in [0.1, 0.15) is 0 Å². The van der Waals surface area contributed by atoms with E-state index in [0.29, 0.717) is 0 Å². The van der Waals surface area contributed by atoms with E-state index in [1.807, 2.05) is 0 Å². The molecule has 0 amide bonds. The van der Waals surface area contributed by atoms with E-state index in [-0.39, 0.29) is 0 Å². The van der Waals surface area contributed by atoms with Crippen molar-refractivity contribution in [3.63, 3.8) is 0 Å². The third-order valence-corrected chi connectivity index (χ3v) is 5.80. The SMILES string of the molecule is CC(CS)[Si](C)(C)C. The largest absolute Gasteiger partial charge is 0.179 e. The summed E-state index contributed by atoms with van der Waals surface area (Å²) < 4.78 is 0. The van der Waals surface area contributed by atoms with Crippen LogP contribution in [0.15, 0.2) is 0 Å². The fourth-order valence-electron chi connectivity index (χ4n) is 0.274. The standard InChI is InChI=1S/C6H16SSi/c1-6(5-7)8(2,3)4/h6-7H,5H2,1-4H3. The Hall–Kier alpha value is 0.567. The first-order chi connectivity index (χ1) is 3.48. The molecule has 0 aromatic carbocycles. The quantitative estimate of drug-likeness (QED) is 0.452. The highest BCUT2D eigenvalue weighted by molar-refractivity contribution is 7.80. The van der Waals surface area contributed by atoms with Gasteiger partial charge in [0.15, 0.2) is 0 Å². The molecule has 0 fully saturated rings. The average molecular weight is 148 g/mol. The Labute approximate surface area is 59.1 Å². The van der Waals surface area contributed by atoms with Crippen LogP contribution in [0.2, 0.25) is 25.2 Å². The summed E-state index contributed by atoms with van der Waals surface area (Å²) in [6.45, 7) is 9.44. The molecule has 0 spiro atoms. The van der Waals surface area contributed by atoms with E-state index in [1.165, 1.54) is 0 Å². The molecule has 1 atom stereocenters. The average Bonchev–Trinajstić information content (AvgIpc) is 1.62. The lowest BCUT2D eigenvalue weighted by molar-refractivity contribution is 1.03. The van der Waals surface area contributed by atoms with Gasteiger partial charge in [0.2, 0.25) is 0 Å². The van der Waals surface area contributed by atoms with Gasteiger partial charge in [-0.05, 0) is 11.3 Å². The minimum absolute atomic E-state index is 0.837. The summed E-state index contributed by atoms with van der Waals surface area (Å²) in [4.78, 5) is 0. The maximum Gasteiger partial charge on any atom is 0.0479 e. The van der Waals surface area contributed by atoms with E-state index in [2.05, 4.69) is 39.2 Å². The lowest BCUT2D eigenvalue weighted by Gasteiger charge is -2.22. The Balaban J connectivity index is 3.62. The second-order valence-corrected chi connectivity index (χ2v) is 9.53. The topological polar surface area (TPSA) is 0 Å². The molecule has 0 radical (unpaired) electrons. The zero-order valence-electron chi connectivity index (χ0n) is 6.23. The first-order valence-electron chi connectivity index (χ1n) is 3.09. The minimum atomic E-state index is -0.837. The molecule has 0 aromatic heterocycles. The number of hydrogen-bond donors (Lipinski definition) is 1. The van der Waals surface area contributed by atoms with Gasteiger partial charge in [-0.1, -0.05) is 26.6 Å². The first kappa shape index (κ1) is 8.57. The van der Waals surface area contributed by atoms with Crippen LogP contribution in [0.5, 0.6) is 0 Å². The van der Waals surface area contributed by atoms with Gasteiger partial charge in [0, 0.05) is 8.07 Å². The lowest BCUT2D eigenvalue weighted by Crippen LogP contribution is -2.26. The number of hydrogen-bond acceptors (Lipinski definition) is 1. The highest BCUT2D eigenvalue weighted by atomic mass is 32.1. The predicted octanol–water partition coefficient (Wildman–Crippen LogP) is 2.64. The molecule has 0 aromatic rings. The molecule has 0 heterocycles. The van der Waals surface area contributed by atoms with Gasteiger partial charge in [-0.3, -0.25) is 0 Å². The Kier molecular flexibility index (Phi) is 3.13. The van der Waals surface area contributed by atoms with Gasteiger partial charge in [-0.25, -0.2) is 0 Å². The maximum absolute atomic E-state index is 4.24. The molecule has 50 valence electrons. The molecule has 0 aliphatic carbocycles. The molecule has 0 N–H and O–H groups in total. The van der Waals surface area contributed by atoms with Crippen LogP contribution in [-0.4, -0.2) is 13.8 Å². The van der Waals surface area contributed by atoms with Crippen LogP contribution in [0.25, 0.3) is 0 Å². The van der Waals surface area contributed by atoms with E-state index in [9.17, 15) is 0 Å². The summed E-state index contributed by atoms with van der Waals surface area (Å²) in [6, 6.07) is 0. The molecule has 8 heavy (non-hydrogen) atoms. The fourth-order valence-corrected chi connectivity index (χ4v) is 2.46. The van der Waals surface area contributed by atoms with E-state index in [1.54, 1.807) is 0 Å². The summed E-state index contributed by atoms with van der Waals surface area (Å²) in [5.41, 5.74) is 0.853. The van der Waals surface area contributed by atoms with E-state index in [4.69, 9.17) is 0 Å². The van der Waals surface area contributed by atoms with Gasteiger partial charge < -0.3 is 0 Å². The first-order valence-corrected chi connectivity index (χ1v) is 7.30. The molecule has 0 bridgehead atoms. The van der Waals surface area contributed by atoms with Gasteiger partial charge in [0.05, 0.1) is 0 Å². The van der Waals surface area contributed by atoms with Crippen LogP contribution in [0.3, 0.4) is 0 Å². The van der Waals surface area contributed by atoms with Gasteiger partial charge in [-0.15, -0.1) is 0 Å². The normalized spacial score (nSPS) is 16.1. The van der Waals surface area contributed by atoms with Crippen molar-refractivity contribution in [1.29, 1.82) is 0 Å². The molecule has 2 heteroatoms. The van der Waals surface area contributed by atoms with Crippen LogP contribution < -0.4 is 0 Å². The zero-order chi connectivity index (χ0) is 6.78. The Morgan fingerprint density at radius 1 is 1.38 bits per heavy atom. The third-order valence-electron chi connectivity index (χ3n) is 1.75. The highest BCUT2D eigenvalue weighted by Crippen LogP contribution is 2.21. The third kappa shape index (κ3) is 2.77. The van der Waals surface area contributed by atoms with Gasteiger partial charge >= 0.3 is 0 Å². The van der Waals surface area contributed by atoms with Crippen LogP contribution in [0, 0.1) is 0 Å². The number of rotatable bonds is 2. The lowest BCUT2D eigenvalue weighted by atomic mass is 10.6. The summed E-state index contributed by atoms with van der Waals surface area (Å²) >= 11 is 4.24. The second-order valence-electron chi connectivity index (χ2n) is 3.45. The van der Waals surface area contributed by atoms with Crippen LogP contribution in [0.4, 0.5) is 0 Å². The molecule has 1 unspecified atom stereocenters. The zero-order valence-corrected chi connectivity index (χ0v) is 8.13. The Morgan fingerprint density at radius 3 is 1.75 bits per heavy atom. The Bertz CT molecular complexity index is 65.4. The van der Waals surface area contributed by atoms with Crippen molar-refractivity contribution in [2.75, 3.05) is 5.75 Å². The summed E-state index contributed by atoms with van der Waals surface area (Å²) in [5, 5.41) is 0. The van der Waals surface area contributed by atoms with Gasteiger partial charge in [-0.2, -0.15) is 12.6 Å². The van der Waals surface area contributed by atoms with Crippen molar-refractivity contribution in [3.8, 4) is 0 Å². The minimum Gasteiger partial charge on any atom is -0.179 e.